The number of aliphatic carboxylic acids is 1. The van der Waals surface area contributed by atoms with E-state index in [4.69, 9.17) is 10.8 Å². The molecule has 5 heteroatoms. The predicted molar refractivity (Wildman–Crippen MR) is 55.6 cm³/mol. The van der Waals surface area contributed by atoms with Crippen molar-refractivity contribution in [2.45, 2.75) is 18.9 Å². The molecule has 1 aromatic rings. The molecule has 0 radical (unpaired) electrons. The van der Waals surface area contributed by atoms with Crippen LogP contribution >= 0.6 is 0 Å². The number of benzene rings is 1. The number of carboxylic acid groups (broad SMARTS) is 1. The van der Waals surface area contributed by atoms with Gasteiger partial charge in [-0.05, 0) is 24.1 Å². The van der Waals surface area contributed by atoms with Crippen LogP contribution in [0.25, 0.3) is 0 Å². The SMILES string of the molecule is NC(CCC(=O)O)c1ccc(F)cc1C=O. The minimum Gasteiger partial charge on any atom is -0.481 e. The zero-order chi connectivity index (χ0) is 12.1. The van der Waals surface area contributed by atoms with Crippen LogP contribution in [-0.2, 0) is 4.79 Å². The fraction of sp³-hybridized carbons (Fsp3) is 0.273. The molecule has 1 atom stereocenters. The highest BCUT2D eigenvalue weighted by molar-refractivity contribution is 5.77. The Morgan fingerprint density at radius 3 is 2.81 bits per heavy atom. The van der Waals surface area contributed by atoms with Gasteiger partial charge in [0.25, 0.3) is 0 Å². The lowest BCUT2D eigenvalue weighted by atomic mass is 9.98. The first-order valence-corrected chi connectivity index (χ1v) is 4.76. The first kappa shape index (κ1) is 12.3. The first-order chi connectivity index (χ1) is 7.54. The molecule has 1 aromatic carbocycles. The molecule has 1 unspecified atom stereocenters. The normalized spacial score (nSPS) is 12.1. The number of aldehydes is 1. The van der Waals surface area contributed by atoms with Crippen LogP contribution in [0.1, 0.15) is 34.8 Å². The molecule has 0 fully saturated rings. The molecule has 0 aliphatic carbocycles. The molecular weight excluding hydrogens is 213 g/mol. The van der Waals surface area contributed by atoms with Crippen LogP contribution in [0.3, 0.4) is 0 Å². The van der Waals surface area contributed by atoms with E-state index in [-0.39, 0.29) is 18.4 Å². The predicted octanol–water partition coefficient (Wildman–Crippen LogP) is 1.50. The van der Waals surface area contributed by atoms with Gasteiger partial charge in [-0.25, -0.2) is 4.39 Å². The third kappa shape index (κ3) is 3.13. The monoisotopic (exact) mass is 225 g/mol. The van der Waals surface area contributed by atoms with Crippen molar-refractivity contribution in [3.8, 4) is 0 Å². The Morgan fingerprint density at radius 2 is 2.25 bits per heavy atom. The van der Waals surface area contributed by atoms with Crippen molar-refractivity contribution in [1.82, 2.24) is 0 Å². The summed E-state index contributed by atoms with van der Waals surface area (Å²) in [4.78, 5) is 21.0. The summed E-state index contributed by atoms with van der Waals surface area (Å²) >= 11 is 0. The van der Waals surface area contributed by atoms with E-state index in [9.17, 15) is 14.0 Å². The van der Waals surface area contributed by atoms with E-state index in [0.717, 1.165) is 6.07 Å². The Hall–Kier alpha value is -1.75. The molecule has 16 heavy (non-hydrogen) atoms. The second-order valence-corrected chi connectivity index (χ2v) is 3.43. The number of hydrogen-bond acceptors (Lipinski definition) is 3. The van der Waals surface area contributed by atoms with Gasteiger partial charge in [-0.15, -0.1) is 0 Å². The van der Waals surface area contributed by atoms with Crippen LogP contribution < -0.4 is 5.73 Å². The quantitative estimate of drug-likeness (QED) is 0.744. The van der Waals surface area contributed by atoms with E-state index in [0.29, 0.717) is 11.8 Å². The summed E-state index contributed by atoms with van der Waals surface area (Å²) < 4.78 is 12.8. The third-order valence-corrected chi connectivity index (χ3v) is 2.24. The highest BCUT2D eigenvalue weighted by Gasteiger charge is 2.13. The van der Waals surface area contributed by atoms with E-state index in [1.54, 1.807) is 0 Å². The van der Waals surface area contributed by atoms with E-state index < -0.39 is 17.8 Å². The Morgan fingerprint density at radius 1 is 1.56 bits per heavy atom. The number of rotatable bonds is 5. The Balaban J connectivity index is 2.85. The van der Waals surface area contributed by atoms with Crippen molar-refractivity contribution in [2.24, 2.45) is 5.73 Å². The summed E-state index contributed by atoms with van der Waals surface area (Å²) in [7, 11) is 0. The lowest BCUT2D eigenvalue weighted by Gasteiger charge is -2.12. The maximum Gasteiger partial charge on any atom is 0.303 e. The Bertz CT molecular complexity index is 406. The van der Waals surface area contributed by atoms with Crippen molar-refractivity contribution in [3.05, 3.63) is 35.1 Å². The van der Waals surface area contributed by atoms with E-state index >= 15 is 0 Å². The fourth-order valence-electron chi connectivity index (χ4n) is 1.42. The van der Waals surface area contributed by atoms with Gasteiger partial charge in [0, 0.05) is 18.0 Å². The molecule has 0 saturated carbocycles. The van der Waals surface area contributed by atoms with Crippen molar-refractivity contribution in [3.63, 3.8) is 0 Å². The third-order valence-electron chi connectivity index (χ3n) is 2.24. The van der Waals surface area contributed by atoms with E-state index in [1.165, 1.54) is 12.1 Å². The van der Waals surface area contributed by atoms with Gasteiger partial charge in [-0.1, -0.05) is 6.07 Å². The molecule has 0 saturated heterocycles. The van der Waals surface area contributed by atoms with Crippen LogP contribution in [-0.4, -0.2) is 17.4 Å². The van der Waals surface area contributed by atoms with Gasteiger partial charge in [0.15, 0.2) is 0 Å². The van der Waals surface area contributed by atoms with Crippen molar-refractivity contribution in [2.75, 3.05) is 0 Å². The summed E-state index contributed by atoms with van der Waals surface area (Å²) in [6, 6.07) is 3.12. The molecule has 0 aromatic heterocycles. The van der Waals surface area contributed by atoms with Crippen molar-refractivity contribution in [1.29, 1.82) is 0 Å². The van der Waals surface area contributed by atoms with Gasteiger partial charge in [0.1, 0.15) is 12.1 Å². The molecule has 3 N–H and O–H groups in total. The zero-order valence-corrected chi connectivity index (χ0v) is 8.52. The topological polar surface area (TPSA) is 80.4 Å². The second kappa shape index (κ2) is 5.37. The summed E-state index contributed by atoms with van der Waals surface area (Å²) in [5.41, 5.74) is 6.36. The summed E-state index contributed by atoms with van der Waals surface area (Å²) in [6.07, 6.45) is 0.637. The molecule has 4 nitrogen and oxygen atoms in total. The van der Waals surface area contributed by atoms with Gasteiger partial charge in [0.2, 0.25) is 0 Å². The number of carboxylic acids is 1. The highest BCUT2D eigenvalue weighted by atomic mass is 19.1. The number of hydrogen-bond donors (Lipinski definition) is 2. The molecule has 0 bridgehead atoms. The minimum absolute atomic E-state index is 0.0865. The van der Waals surface area contributed by atoms with Gasteiger partial charge in [0.05, 0.1) is 0 Å². The van der Waals surface area contributed by atoms with Crippen LogP contribution in [0.5, 0.6) is 0 Å². The van der Waals surface area contributed by atoms with Gasteiger partial charge >= 0.3 is 5.97 Å². The maximum atomic E-state index is 12.8. The summed E-state index contributed by atoms with van der Waals surface area (Å²) in [6.45, 7) is 0. The Kier molecular flexibility index (Phi) is 4.13. The lowest BCUT2D eigenvalue weighted by molar-refractivity contribution is -0.137. The molecule has 0 aliphatic heterocycles. The molecule has 1 rings (SSSR count). The Labute approximate surface area is 91.9 Å². The average molecular weight is 225 g/mol. The molecule has 86 valence electrons. The van der Waals surface area contributed by atoms with Crippen LogP contribution in [0, 0.1) is 5.82 Å². The summed E-state index contributed by atoms with van der Waals surface area (Å²) in [5, 5.41) is 8.49. The van der Waals surface area contributed by atoms with E-state index in [2.05, 4.69) is 0 Å². The molecule has 0 amide bonds. The highest BCUT2D eigenvalue weighted by Crippen LogP contribution is 2.20. The van der Waals surface area contributed by atoms with Crippen LogP contribution in [0.15, 0.2) is 18.2 Å². The number of halogens is 1. The number of carbonyl (C=O) groups is 2. The van der Waals surface area contributed by atoms with Crippen LogP contribution in [0.4, 0.5) is 4.39 Å². The largest absolute Gasteiger partial charge is 0.481 e. The molecule has 0 heterocycles. The maximum absolute atomic E-state index is 12.8. The minimum atomic E-state index is -0.954. The average Bonchev–Trinajstić information content (AvgIpc) is 2.25. The van der Waals surface area contributed by atoms with Gasteiger partial charge in [-0.3, -0.25) is 9.59 Å². The van der Waals surface area contributed by atoms with Gasteiger partial charge < -0.3 is 10.8 Å². The molecule has 0 spiro atoms. The van der Waals surface area contributed by atoms with Gasteiger partial charge in [-0.2, -0.15) is 0 Å². The number of nitrogens with two attached hydrogens (primary N) is 1. The molecule has 0 aliphatic rings. The summed E-state index contributed by atoms with van der Waals surface area (Å²) in [5.74, 6) is -1.47. The first-order valence-electron chi connectivity index (χ1n) is 4.76. The number of carbonyl (C=O) groups excluding carboxylic acids is 1. The molecular formula is C11H12FNO3. The zero-order valence-electron chi connectivity index (χ0n) is 8.52. The second-order valence-electron chi connectivity index (χ2n) is 3.43. The smallest absolute Gasteiger partial charge is 0.303 e. The lowest BCUT2D eigenvalue weighted by Crippen LogP contribution is -2.14. The van der Waals surface area contributed by atoms with Crippen molar-refractivity contribution >= 4 is 12.3 Å². The van der Waals surface area contributed by atoms with E-state index in [1.807, 2.05) is 0 Å². The standard InChI is InChI=1S/C11H12FNO3/c12-8-1-2-9(7(5-8)6-14)10(13)3-4-11(15)16/h1-2,5-6,10H,3-4,13H2,(H,15,16). The van der Waals surface area contributed by atoms with Crippen LogP contribution in [0.2, 0.25) is 0 Å². The van der Waals surface area contributed by atoms with Crippen molar-refractivity contribution < 1.29 is 19.1 Å². The fourth-order valence-corrected chi connectivity index (χ4v) is 1.42.